The van der Waals surface area contributed by atoms with Gasteiger partial charge in [-0.05, 0) is 17.5 Å². The van der Waals surface area contributed by atoms with Crippen LogP contribution in [0.4, 0.5) is 11.4 Å². The van der Waals surface area contributed by atoms with Gasteiger partial charge < -0.3 is 10.6 Å². The first-order valence-corrected chi connectivity index (χ1v) is 6.96. The molecule has 0 unspecified atom stereocenters. The number of alkyl halides is 2. The van der Waals surface area contributed by atoms with Crippen molar-refractivity contribution in [1.82, 2.24) is 0 Å². The summed E-state index contributed by atoms with van der Waals surface area (Å²) in [5.74, 6) is -0.880. The molecule has 2 amide bonds. The summed E-state index contributed by atoms with van der Waals surface area (Å²) in [6.45, 7) is 0. The van der Waals surface area contributed by atoms with Gasteiger partial charge in [0.05, 0.1) is 11.4 Å². The van der Waals surface area contributed by atoms with Gasteiger partial charge >= 0.3 is 0 Å². The Morgan fingerprint density at radius 2 is 1.30 bits per heavy atom. The number of halogens is 2. The Kier molecular flexibility index (Phi) is 4.82. The molecule has 2 N–H and O–H groups in total. The summed E-state index contributed by atoms with van der Waals surface area (Å²) in [7, 11) is 0. The zero-order valence-corrected chi connectivity index (χ0v) is 12.0. The SMILES string of the molecule is O=C(CCl)Nc1cccc2cccc(NC(=O)CCl)c12. The minimum Gasteiger partial charge on any atom is -0.324 e. The molecular weight excluding hydrogens is 299 g/mol. The zero-order chi connectivity index (χ0) is 14.5. The standard InChI is InChI=1S/C14H12Cl2N2O2/c15-7-12(19)17-10-5-1-3-9-4-2-6-11(14(9)10)18-13(20)8-16/h1-6H,7-8H2,(H,17,19)(H,18,20). The molecule has 2 rings (SSSR count). The van der Waals surface area contributed by atoms with Crippen LogP contribution in [0.5, 0.6) is 0 Å². The Balaban J connectivity index is 2.52. The van der Waals surface area contributed by atoms with Gasteiger partial charge in [0, 0.05) is 5.39 Å². The molecule has 6 heteroatoms. The summed E-state index contributed by atoms with van der Waals surface area (Å²) in [6, 6.07) is 10.9. The van der Waals surface area contributed by atoms with Gasteiger partial charge in [0.1, 0.15) is 11.8 Å². The van der Waals surface area contributed by atoms with Gasteiger partial charge in [-0.15, -0.1) is 23.2 Å². The van der Waals surface area contributed by atoms with Crippen molar-refractivity contribution in [2.24, 2.45) is 0 Å². The largest absolute Gasteiger partial charge is 0.324 e. The number of rotatable bonds is 4. The van der Waals surface area contributed by atoms with Gasteiger partial charge in [-0.2, -0.15) is 0 Å². The quantitative estimate of drug-likeness (QED) is 0.852. The molecule has 2 aromatic rings. The van der Waals surface area contributed by atoms with E-state index in [-0.39, 0.29) is 23.6 Å². The fourth-order valence-corrected chi connectivity index (χ4v) is 2.05. The van der Waals surface area contributed by atoms with Crippen LogP contribution in [-0.2, 0) is 9.59 Å². The van der Waals surface area contributed by atoms with E-state index in [1.807, 2.05) is 24.3 Å². The number of carbonyl (C=O) groups is 2. The fourth-order valence-electron chi connectivity index (χ4n) is 1.92. The fraction of sp³-hybridized carbons (Fsp3) is 0.143. The first-order valence-electron chi connectivity index (χ1n) is 5.89. The number of carbonyl (C=O) groups excluding carboxylic acids is 2. The minimum absolute atomic E-state index is 0.132. The van der Waals surface area contributed by atoms with Crippen LogP contribution in [0, 0.1) is 0 Å². The number of hydrogen-bond acceptors (Lipinski definition) is 2. The third kappa shape index (κ3) is 3.21. The molecule has 0 radical (unpaired) electrons. The summed E-state index contributed by atoms with van der Waals surface area (Å²) in [6.07, 6.45) is 0. The third-order valence-corrected chi connectivity index (χ3v) is 3.18. The molecule has 0 atom stereocenters. The van der Waals surface area contributed by atoms with E-state index in [2.05, 4.69) is 10.6 Å². The topological polar surface area (TPSA) is 58.2 Å². The zero-order valence-electron chi connectivity index (χ0n) is 10.5. The summed E-state index contributed by atoms with van der Waals surface area (Å²) in [5, 5.41) is 7.06. The van der Waals surface area contributed by atoms with E-state index in [4.69, 9.17) is 23.2 Å². The van der Waals surface area contributed by atoms with Crippen molar-refractivity contribution in [2.45, 2.75) is 0 Å². The van der Waals surface area contributed by atoms with Crippen LogP contribution in [0.1, 0.15) is 0 Å². The van der Waals surface area contributed by atoms with Crippen molar-refractivity contribution < 1.29 is 9.59 Å². The predicted octanol–water partition coefficient (Wildman–Crippen LogP) is 3.19. The molecule has 0 heterocycles. The van der Waals surface area contributed by atoms with Crippen molar-refractivity contribution in [3.8, 4) is 0 Å². The molecule has 20 heavy (non-hydrogen) atoms. The van der Waals surface area contributed by atoms with E-state index >= 15 is 0 Å². The third-order valence-electron chi connectivity index (χ3n) is 2.70. The number of benzene rings is 2. The van der Waals surface area contributed by atoms with Crippen molar-refractivity contribution in [3.63, 3.8) is 0 Å². The summed E-state index contributed by atoms with van der Waals surface area (Å²) in [4.78, 5) is 22.9. The molecule has 104 valence electrons. The Morgan fingerprint density at radius 1 is 0.850 bits per heavy atom. The van der Waals surface area contributed by atoms with Crippen LogP contribution in [0.3, 0.4) is 0 Å². The van der Waals surface area contributed by atoms with Crippen LogP contribution in [0.15, 0.2) is 36.4 Å². The van der Waals surface area contributed by atoms with Crippen molar-refractivity contribution in [3.05, 3.63) is 36.4 Å². The van der Waals surface area contributed by atoms with E-state index in [1.54, 1.807) is 12.1 Å². The molecule has 0 aliphatic carbocycles. The number of amides is 2. The van der Waals surface area contributed by atoms with Crippen LogP contribution in [0.25, 0.3) is 10.8 Å². The molecule has 0 aliphatic rings. The average molecular weight is 311 g/mol. The van der Waals surface area contributed by atoms with Crippen molar-refractivity contribution in [2.75, 3.05) is 22.4 Å². The molecule has 2 aromatic carbocycles. The lowest BCUT2D eigenvalue weighted by molar-refractivity contribution is -0.114. The maximum Gasteiger partial charge on any atom is 0.239 e. The van der Waals surface area contributed by atoms with Gasteiger partial charge in [0.25, 0.3) is 0 Å². The predicted molar refractivity (Wildman–Crippen MR) is 82.6 cm³/mol. The Bertz CT molecular complexity index is 606. The molecule has 0 spiro atoms. The summed E-state index contributed by atoms with van der Waals surface area (Å²) < 4.78 is 0. The van der Waals surface area contributed by atoms with E-state index in [1.165, 1.54) is 0 Å². The van der Waals surface area contributed by atoms with Gasteiger partial charge in [-0.1, -0.05) is 24.3 Å². The Labute approximate surface area is 126 Å². The highest BCUT2D eigenvalue weighted by Gasteiger charge is 2.10. The first-order chi connectivity index (χ1) is 9.65. The monoisotopic (exact) mass is 310 g/mol. The first kappa shape index (κ1) is 14.6. The minimum atomic E-state index is -0.308. The number of anilines is 2. The summed E-state index contributed by atoms with van der Waals surface area (Å²) >= 11 is 11.0. The van der Waals surface area contributed by atoms with Crippen molar-refractivity contribution >= 4 is 57.2 Å². The summed E-state index contributed by atoms with van der Waals surface area (Å²) in [5.41, 5.74) is 1.19. The highest BCUT2D eigenvalue weighted by Crippen LogP contribution is 2.30. The molecule has 0 fully saturated rings. The maximum atomic E-state index is 11.5. The van der Waals surface area contributed by atoms with Gasteiger partial charge in [0.15, 0.2) is 0 Å². The van der Waals surface area contributed by atoms with Crippen LogP contribution in [0.2, 0.25) is 0 Å². The van der Waals surface area contributed by atoms with E-state index in [9.17, 15) is 9.59 Å². The second-order valence-corrected chi connectivity index (χ2v) is 4.61. The normalized spacial score (nSPS) is 10.3. The number of hydrogen-bond donors (Lipinski definition) is 2. The lowest BCUT2D eigenvalue weighted by Gasteiger charge is -2.12. The molecule has 0 aliphatic heterocycles. The van der Waals surface area contributed by atoms with Gasteiger partial charge in [0.2, 0.25) is 11.8 Å². The molecule has 0 bridgehead atoms. The highest BCUT2D eigenvalue weighted by molar-refractivity contribution is 6.30. The lowest BCUT2D eigenvalue weighted by atomic mass is 10.1. The maximum absolute atomic E-state index is 11.5. The Hall–Kier alpha value is -1.78. The van der Waals surface area contributed by atoms with Crippen molar-refractivity contribution in [1.29, 1.82) is 0 Å². The van der Waals surface area contributed by atoms with E-state index in [0.717, 1.165) is 10.8 Å². The van der Waals surface area contributed by atoms with E-state index in [0.29, 0.717) is 11.4 Å². The van der Waals surface area contributed by atoms with Gasteiger partial charge in [-0.3, -0.25) is 9.59 Å². The van der Waals surface area contributed by atoms with Crippen LogP contribution in [-0.4, -0.2) is 23.6 Å². The highest BCUT2D eigenvalue weighted by atomic mass is 35.5. The second kappa shape index (κ2) is 6.59. The molecule has 4 nitrogen and oxygen atoms in total. The molecule has 0 saturated carbocycles. The lowest BCUT2D eigenvalue weighted by Crippen LogP contribution is -2.15. The molecular formula is C14H12Cl2N2O2. The second-order valence-electron chi connectivity index (χ2n) is 4.07. The Morgan fingerprint density at radius 3 is 1.70 bits per heavy atom. The molecule has 0 aromatic heterocycles. The van der Waals surface area contributed by atoms with E-state index < -0.39 is 0 Å². The average Bonchev–Trinajstić information content (AvgIpc) is 2.47. The van der Waals surface area contributed by atoms with Gasteiger partial charge in [-0.25, -0.2) is 0 Å². The van der Waals surface area contributed by atoms with Crippen LogP contribution >= 0.6 is 23.2 Å². The number of fused-ring (bicyclic) bond motifs is 1. The molecule has 0 saturated heterocycles. The smallest absolute Gasteiger partial charge is 0.239 e. The van der Waals surface area contributed by atoms with Crippen LogP contribution < -0.4 is 10.6 Å². The number of nitrogens with one attached hydrogen (secondary N) is 2.